The fourth-order valence-corrected chi connectivity index (χ4v) is 7.32. The largest absolute Gasteiger partial charge is 0.396 e. The number of rotatable bonds is 40. The van der Waals surface area contributed by atoms with Gasteiger partial charge in [0.1, 0.15) is 0 Å². The minimum atomic E-state index is 0.341. The molecule has 2 nitrogen and oxygen atoms in total. The van der Waals surface area contributed by atoms with Crippen LogP contribution in [-0.2, 0) is 0 Å². The van der Waals surface area contributed by atoms with E-state index in [0.29, 0.717) is 6.61 Å². The molecule has 0 aliphatic rings. The van der Waals surface area contributed by atoms with Gasteiger partial charge in [0.2, 0.25) is 0 Å². The van der Waals surface area contributed by atoms with Crippen LogP contribution in [0.4, 0.5) is 0 Å². The molecule has 0 amide bonds. The SMILES string of the molecule is CCCCCCCCCCCCCCCCN(CCCO)CCCCCCCC(CCCCCCCC)CCCCCCCC. The molecule has 0 spiro atoms. The summed E-state index contributed by atoms with van der Waals surface area (Å²) in [6.07, 6.45) is 49.9. The topological polar surface area (TPSA) is 23.5 Å². The fraction of sp³-hybridized carbons (Fsp3) is 1.00. The number of nitrogens with zero attached hydrogens (tertiary/aromatic N) is 1. The molecular formula is C43H89NO. The van der Waals surface area contributed by atoms with Crippen molar-refractivity contribution in [2.24, 2.45) is 5.92 Å². The van der Waals surface area contributed by atoms with Crippen molar-refractivity contribution in [2.75, 3.05) is 26.2 Å². The van der Waals surface area contributed by atoms with E-state index in [9.17, 15) is 5.11 Å². The highest BCUT2D eigenvalue weighted by Gasteiger charge is 2.09. The van der Waals surface area contributed by atoms with Gasteiger partial charge in [0.15, 0.2) is 0 Å². The Balaban J connectivity index is 3.93. The third kappa shape index (κ3) is 36.6. The van der Waals surface area contributed by atoms with Crippen molar-refractivity contribution < 1.29 is 5.11 Å². The minimum absolute atomic E-state index is 0.341. The van der Waals surface area contributed by atoms with Crippen molar-refractivity contribution >= 4 is 0 Å². The zero-order valence-electron chi connectivity index (χ0n) is 32.0. The average Bonchev–Trinajstić information content (AvgIpc) is 3.05. The van der Waals surface area contributed by atoms with Crippen LogP contribution in [0.5, 0.6) is 0 Å². The van der Waals surface area contributed by atoms with E-state index >= 15 is 0 Å². The Morgan fingerprint density at radius 1 is 0.311 bits per heavy atom. The van der Waals surface area contributed by atoms with Crippen molar-refractivity contribution in [3.05, 3.63) is 0 Å². The predicted octanol–water partition coefficient (Wildman–Crippen LogP) is 14.6. The summed E-state index contributed by atoms with van der Waals surface area (Å²) in [5.74, 6) is 1.00. The molecule has 0 bridgehead atoms. The Bertz CT molecular complexity index is 492. The molecule has 0 aromatic carbocycles. The van der Waals surface area contributed by atoms with Gasteiger partial charge in [0.25, 0.3) is 0 Å². The van der Waals surface area contributed by atoms with E-state index in [-0.39, 0.29) is 0 Å². The molecule has 0 saturated carbocycles. The van der Waals surface area contributed by atoms with Gasteiger partial charge in [-0.3, -0.25) is 0 Å². The summed E-state index contributed by atoms with van der Waals surface area (Å²) in [5, 5.41) is 9.40. The van der Waals surface area contributed by atoms with Crippen LogP contribution < -0.4 is 0 Å². The van der Waals surface area contributed by atoms with E-state index in [1.165, 1.54) is 231 Å². The van der Waals surface area contributed by atoms with E-state index in [1.54, 1.807) is 0 Å². The zero-order chi connectivity index (χ0) is 32.7. The maximum absolute atomic E-state index is 9.40. The molecule has 0 aliphatic heterocycles. The van der Waals surface area contributed by atoms with Gasteiger partial charge in [-0.25, -0.2) is 0 Å². The highest BCUT2D eigenvalue weighted by molar-refractivity contribution is 4.63. The normalized spacial score (nSPS) is 11.9. The summed E-state index contributed by atoms with van der Waals surface area (Å²) >= 11 is 0. The van der Waals surface area contributed by atoms with Crippen molar-refractivity contribution in [1.82, 2.24) is 4.90 Å². The molecule has 1 N–H and O–H groups in total. The van der Waals surface area contributed by atoms with E-state index < -0.39 is 0 Å². The first kappa shape index (κ1) is 44.9. The fourth-order valence-electron chi connectivity index (χ4n) is 7.32. The second-order valence-electron chi connectivity index (χ2n) is 15.1. The van der Waals surface area contributed by atoms with Crippen LogP contribution in [0.3, 0.4) is 0 Å². The first-order valence-electron chi connectivity index (χ1n) is 21.6. The highest BCUT2D eigenvalue weighted by atomic mass is 16.3. The molecule has 0 aliphatic carbocycles. The van der Waals surface area contributed by atoms with E-state index in [2.05, 4.69) is 25.7 Å². The third-order valence-electron chi connectivity index (χ3n) is 10.5. The zero-order valence-corrected chi connectivity index (χ0v) is 32.0. The second-order valence-corrected chi connectivity index (χ2v) is 15.1. The molecule has 0 rings (SSSR count). The van der Waals surface area contributed by atoms with Gasteiger partial charge in [-0.05, 0) is 38.3 Å². The maximum Gasteiger partial charge on any atom is 0.0443 e. The first-order chi connectivity index (χ1) is 22.3. The Morgan fingerprint density at radius 2 is 0.556 bits per heavy atom. The number of hydrogen-bond donors (Lipinski definition) is 1. The van der Waals surface area contributed by atoms with Crippen molar-refractivity contribution in [3.63, 3.8) is 0 Å². The van der Waals surface area contributed by atoms with Gasteiger partial charge < -0.3 is 10.0 Å². The third-order valence-corrected chi connectivity index (χ3v) is 10.5. The molecule has 0 aromatic rings. The summed E-state index contributed by atoms with van der Waals surface area (Å²) in [6, 6.07) is 0. The summed E-state index contributed by atoms with van der Waals surface area (Å²) in [7, 11) is 0. The Hall–Kier alpha value is -0.0800. The summed E-state index contributed by atoms with van der Waals surface area (Å²) < 4.78 is 0. The van der Waals surface area contributed by atoms with E-state index in [4.69, 9.17) is 0 Å². The average molecular weight is 636 g/mol. The lowest BCUT2D eigenvalue weighted by Gasteiger charge is -2.22. The molecule has 0 aromatic heterocycles. The predicted molar refractivity (Wildman–Crippen MR) is 206 cm³/mol. The van der Waals surface area contributed by atoms with Crippen LogP contribution in [-0.4, -0.2) is 36.2 Å². The summed E-state index contributed by atoms with van der Waals surface area (Å²) in [5.41, 5.74) is 0. The smallest absolute Gasteiger partial charge is 0.0443 e. The lowest BCUT2D eigenvalue weighted by molar-refractivity contribution is 0.217. The Labute approximate surface area is 287 Å². The molecule has 0 radical (unpaired) electrons. The number of aliphatic hydroxyl groups excluding tert-OH is 1. The molecule has 2 heteroatoms. The van der Waals surface area contributed by atoms with E-state index in [1.807, 2.05) is 0 Å². The van der Waals surface area contributed by atoms with Gasteiger partial charge in [0.05, 0.1) is 0 Å². The van der Waals surface area contributed by atoms with Gasteiger partial charge in [-0.15, -0.1) is 0 Å². The molecule has 0 heterocycles. The van der Waals surface area contributed by atoms with Crippen molar-refractivity contribution in [3.8, 4) is 0 Å². The van der Waals surface area contributed by atoms with Gasteiger partial charge in [-0.1, -0.05) is 226 Å². The highest BCUT2D eigenvalue weighted by Crippen LogP contribution is 2.25. The molecule has 0 saturated heterocycles. The first-order valence-corrected chi connectivity index (χ1v) is 21.6. The quantitative estimate of drug-likeness (QED) is 0.0677. The lowest BCUT2D eigenvalue weighted by atomic mass is 9.89. The maximum atomic E-state index is 9.40. The molecular weight excluding hydrogens is 546 g/mol. The second kappa shape index (κ2) is 40.1. The molecule has 272 valence electrons. The molecule has 0 fully saturated rings. The molecule has 0 unspecified atom stereocenters. The number of hydrogen-bond acceptors (Lipinski definition) is 2. The standard InChI is InChI=1S/C43H89NO/c1-4-7-10-13-16-17-18-19-20-21-22-23-28-33-39-44(41-35-42-45)40-34-29-24-27-32-38-43(36-30-25-14-11-8-5-2)37-31-26-15-12-9-6-3/h43,45H,4-42H2,1-3H3. The minimum Gasteiger partial charge on any atom is -0.396 e. The monoisotopic (exact) mass is 636 g/mol. The number of unbranched alkanes of at least 4 members (excludes halogenated alkanes) is 27. The van der Waals surface area contributed by atoms with Crippen LogP contribution in [0.2, 0.25) is 0 Å². The van der Waals surface area contributed by atoms with Crippen molar-refractivity contribution in [1.29, 1.82) is 0 Å². The van der Waals surface area contributed by atoms with Crippen LogP contribution in [0.25, 0.3) is 0 Å². The molecule has 0 atom stereocenters. The van der Waals surface area contributed by atoms with Crippen molar-refractivity contribution in [2.45, 2.75) is 245 Å². The van der Waals surface area contributed by atoms with Crippen LogP contribution in [0.15, 0.2) is 0 Å². The summed E-state index contributed by atoms with van der Waals surface area (Å²) in [6.45, 7) is 10.9. The van der Waals surface area contributed by atoms with Gasteiger partial charge in [-0.2, -0.15) is 0 Å². The Kier molecular flexibility index (Phi) is 40.0. The van der Waals surface area contributed by atoms with Gasteiger partial charge in [0, 0.05) is 13.2 Å². The molecule has 45 heavy (non-hydrogen) atoms. The number of aliphatic hydroxyl groups is 1. The Morgan fingerprint density at radius 3 is 0.844 bits per heavy atom. The van der Waals surface area contributed by atoms with Gasteiger partial charge >= 0.3 is 0 Å². The van der Waals surface area contributed by atoms with Crippen LogP contribution in [0.1, 0.15) is 245 Å². The van der Waals surface area contributed by atoms with E-state index in [0.717, 1.165) is 18.9 Å². The van der Waals surface area contributed by atoms with Crippen LogP contribution >= 0.6 is 0 Å². The lowest BCUT2D eigenvalue weighted by Crippen LogP contribution is -2.27. The summed E-state index contributed by atoms with van der Waals surface area (Å²) in [4.78, 5) is 2.66. The van der Waals surface area contributed by atoms with Crippen LogP contribution in [0, 0.1) is 5.92 Å².